The van der Waals surface area contributed by atoms with Crippen molar-refractivity contribution in [3.05, 3.63) is 5.21 Å². The maximum atomic E-state index is 9.91. The second kappa shape index (κ2) is 1.43. The highest BCUT2D eigenvalue weighted by molar-refractivity contribution is 7.47. The third kappa shape index (κ3) is 0.884. The normalized spacial score (nSPS) is 35.5. The molecule has 1 saturated heterocycles. The van der Waals surface area contributed by atoms with E-state index in [-0.39, 0.29) is 5.78 Å². The lowest BCUT2D eigenvalue weighted by Crippen LogP contribution is -2.25. The van der Waals surface area contributed by atoms with Crippen LogP contribution in [0.25, 0.3) is 0 Å². The van der Waals surface area contributed by atoms with Crippen LogP contribution in [0.2, 0.25) is 0 Å². The maximum absolute atomic E-state index is 9.91. The molecule has 1 heterocycles. The minimum atomic E-state index is 0.185. The van der Waals surface area contributed by atoms with Crippen LogP contribution in [0.1, 0.15) is 0 Å². The van der Waals surface area contributed by atoms with Crippen molar-refractivity contribution in [1.82, 2.24) is 5.17 Å². The first-order valence-electron chi connectivity index (χ1n) is 1.75. The summed E-state index contributed by atoms with van der Waals surface area (Å²) < 4.78 is 0. The first-order chi connectivity index (χ1) is 2.80. The van der Waals surface area contributed by atoms with Gasteiger partial charge in [0.05, 0.1) is 0 Å². The Labute approximate surface area is 37.8 Å². The molecule has 1 fully saturated rings. The first kappa shape index (κ1) is 4.47. The van der Waals surface area contributed by atoms with Crippen molar-refractivity contribution in [2.24, 2.45) is 5.84 Å². The van der Waals surface area contributed by atoms with Gasteiger partial charge in [0.2, 0.25) is 0 Å². The summed E-state index contributed by atoms with van der Waals surface area (Å²) in [5, 5.41) is 10.4. The van der Waals surface area contributed by atoms with E-state index in [1.165, 1.54) is 0 Å². The second-order valence-electron chi connectivity index (χ2n) is 1.28. The predicted octanol–water partition coefficient (Wildman–Crippen LogP) is -0.322. The molecule has 1 aliphatic rings. The first-order valence-corrected chi connectivity index (χ1v) is 3.03. The highest BCUT2D eigenvalue weighted by Gasteiger charge is 2.20. The molecule has 4 heteroatoms. The number of hydroxylamine groups is 1. The Balaban J connectivity index is 2.13. The van der Waals surface area contributed by atoms with Crippen LogP contribution >= 0.6 is 8.58 Å². The van der Waals surface area contributed by atoms with Gasteiger partial charge in [-0.3, -0.25) is 5.84 Å². The molecular weight excluding hydrogens is 99.0 g/mol. The molecule has 0 bridgehead atoms. The zero-order chi connectivity index (χ0) is 4.57. The molecule has 3 nitrogen and oxygen atoms in total. The Kier molecular flexibility index (Phi) is 1.06. The monoisotopic (exact) mass is 105 g/mol. The Hall–Kier alpha value is 0.310. The van der Waals surface area contributed by atoms with Gasteiger partial charge in [-0.05, 0) is 6.16 Å². The lowest BCUT2D eigenvalue weighted by molar-refractivity contribution is 0.415. The summed E-state index contributed by atoms with van der Waals surface area (Å²) in [6.07, 6.45) is 1.01. The fraction of sp³-hybridized carbons (Fsp3) is 1.00. The molecule has 36 valence electrons. The van der Waals surface area contributed by atoms with Gasteiger partial charge in [-0.15, -0.1) is 8.58 Å². The molecule has 0 aliphatic carbocycles. The van der Waals surface area contributed by atoms with E-state index in [2.05, 4.69) is 0 Å². The molecule has 0 aromatic carbocycles. The fourth-order valence-electron chi connectivity index (χ4n) is 0.233. The average molecular weight is 105 g/mol. The fourth-order valence-corrected chi connectivity index (χ4v) is 0.698. The summed E-state index contributed by atoms with van der Waals surface area (Å²) >= 11 is 0. The van der Waals surface area contributed by atoms with Crippen LogP contribution in [0.3, 0.4) is 0 Å². The molecule has 0 amide bonds. The van der Waals surface area contributed by atoms with Gasteiger partial charge in [-0.1, -0.05) is 0 Å². The van der Waals surface area contributed by atoms with Crippen LogP contribution < -0.4 is 5.84 Å². The van der Waals surface area contributed by atoms with Gasteiger partial charge in [0.25, 0.3) is 0 Å². The maximum Gasteiger partial charge on any atom is 0.0312 e. The van der Waals surface area contributed by atoms with E-state index in [0.717, 1.165) is 14.7 Å². The molecule has 0 radical (unpaired) electrons. The van der Waals surface area contributed by atoms with E-state index in [4.69, 9.17) is 5.84 Å². The minimum Gasteiger partial charge on any atom is -0.771 e. The molecule has 2 N–H and O–H groups in total. The van der Waals surface area contributed by atoms with Gasteiger partial charge in [0, 0.05) is 5.78 Å². The predicted molar refractivity (Wildman–Crippen MR) is 26.4 cm³/mol. The van der Waals surface area contributed by atoms with Crippen LogP contribution in [-0.4, -0.2) is 17.1 Å². The Morgan fingerprint density at radius 3 is 2.50 bits per heavy atom. The number of nitrogens with two attached hydrogens (primary N) is 1. The molecule has 2 unspecified atom stereocenters. The molecule has 1 aliphatic heterocycles. The van der Waals surface area contributed by atoms with E-state index in [1.54, 1.807) is 0 Å². The Morgan fingerprint density at radius 2 is 2.50 bits per heavy atom. The van der Waals surface area contributed by atoms with Crippen molar-refractivity contribution in [2.75, 3.05) is 6.16 Å². The van der Waals surface area contributed by atoms with Gasteiger partial charge in [0.15, 0.2) is 0 Å². The van der Waals surface area contributed by atoms with Crippen LogP contribution in [0, 0.1) is 5.21 Å². The molecular formula is C2H6N2OP-. The van der Waals surface area contributed by atoms with Crippen LogP contribution in [0.15, 0.2) is 0 Å². The van der Waals surface area contributed by atoms with Crippen molar-refractivity contribution >= 4 is 8.58 Å². The van der Waals surface area contributed by atoms with Gasteiger partial charge >= 0.3 is 0 Å². The van der Waals surface area contributed by atoms with E-state index >= 15 is 0 Å². The SMILES string of the molecule is NN([O-])C1CP1. The van der Waals surface area contributed by atoms with Crippen molar-refractivity contribution in [1.29, 1.82) is 0 Å². The van der Waals surface area contributed by atoms with Crippen molar-refractivity contribution < 1.29 is 0 Å². The number of nitrogens with zero attached hydrogens (tertiary/aromatic N) is 1. The zero-order valence-electron chi connectivity index (χ0n) is 3.22. The lowest BCUT2D eigenvalue weighted by Gasteiger charge is -2.18. The quantitative estimate of drug-likeness (QED) is 0.282. The smallest absolute Gasteiger partial charge is 0.0312 e. The van der Waals surface area contributed by atoms with Crippen molar-refractivity contribution in [3.63, 3.8) is 0 Å². The molecule has 0 spiro atoms. The van der Waals surface area contributed by atoms with Crippen LogP contribution in [0.4, 0.5) is 0 Å². The molecule has 6 heavy (non-hydrogen) atoms. The summed E-state index contributed by atoms with van der Waals surface area (Å²) in [7, 11) is 0.793. The van der Waals surface area contributed by atoms with Gasteiger partial charge < -0.3 is 10.4 Å². The third-order valence-corrected chi connectivity index (χ3v) is 1.72. The van der Waals surface area contributed by atoms with Crippen molar-refractivity contribution in [3.8, 4) is 0 Å². The Morgan fingerprint density at radius 1 is 2.00 bits per heavy atom. The lowest BCUT2D eigenvalue weighted by atomic mass is 10.8. The van der Waals surface area contributed by atoms with Crippen molar-refractivity contribution in [2.45, 2.75) is 5.78 Å². The number of hydrazine groups is 1. The van der Waals surface area contributed by atoms with Gasteiger partial charge in [-0.25, -0.2) is 0 Å². The summed E-state index contributed by atoms with van der Waals surface area (Å²) in [6.45, 7) is 0. The highest BCUT2D eigenvalue weighted by atomic mass is 31.1. The molecule has 0 saturated carbocycles. The topological polar surface area (TPSA) is 52.3 Å². The van der Waals surface area contributed by atoms with E-state index in [0.29, 0.717) is 5.17 Å². The third-order valence-electron chi connectivity index (χ3n) is 0.694. The second-order valence-corrected chi connectivity index (χ2v) is 2.77. The van der Waals surface area contributed by atoms with E-state index < -0.39 is 0 Å². The van der Waals surface area contributed by atoms with E-state index in [9.17, 15) is 5.21 Å². The molecule has 0 aromatic heterocycles. The van der Waals surface area contributed by atoms with Gasteiger partial charge in [-0.2, -0.15) is 0 Å². The molecule has 2 atom stereocenters. The standard InChI is InChI=1S/C2H6N2OP/c3-4(5)2-1-6-2/h2,6H,1,3H2/q-1. The number of hydrogen-bond donors (Lipinski definition) is 1. The van der Waals surface area contributed by atoms with Crippen LogP contribution in [0.5, 0.6) is 0 Å². The summed E-state index contributed by atoms with van der Waals surface area (Å²) in [5.41, 5.74) is 0. The zero-order valence-corrected chi connectivity index (χ0v) is 4.22. The summed E-state index contributed by atoms with van der Waals surface area (Å²) in [4.78, 5) is 0. The summed E-state index contributed by atoms with van der Waals surface area (Å²) in [5.74, 6) is 4.97. The van der Waals surface area contributed by atoms with E-state index in [1.807, 2.05) is 0 Å². The molecule has 1 rings (SSSR count). The minimum absolute atomic E-state index is 0.185. The summed E-state index contributed by atoms with van der Waals surface area (Å²) in [6, 6.07) is 0. The Bertz CT molecular complexity index is 53.5. The molecule has 0 aromatic rings. The number of hydrogen-bond acceptors (Lipinski definition) is 3. The average Bonchev–Trinajstić information content (AvgIpc) is 2.06. The van der Waals surface area contributed by atoms with Crippen LogP contribution in [-0.2, 0) is 0 Å². The largest absolute Gasteiger partial charge is 0.771 e. The highest BCUT2D eigenvalue weighted by Crippen LogP contribution is 2.38. The number of rotatable bonds is 1. The van der Waals surface area contributed by atoms with Gasteiger partial charge in [0.1, 0.15) is 0 Å².